The van der Waals surface area contributed by atoms with Crippen molar-refractivity contribution in [3.05, 3.63) is 65.9 Å². The highest BCUT2D eigenvalue weighted by Gasteiger charge is 2.21. The zero-order chi connectivity index (χ0) is 16.2. The Morgan fingerprint density at radius 2 is 1.78 bits per heavy atom. The molecule has 0 saturated heterocycles. The molecule has 0 aliphatic carbocycles. The third-order valence-corrected chi connectivity index (χ3v) is 4.26. The number of nitrogens with zero attached hydrogens (tertiary/aromatic N) is 1. The van der Waals surface area contributed by atoms with Crippen LogP contribution in [-0.2, 0) is 0 Å². The van der Waals surface area contributed by atoms with Crippen LogP contribution in [0.15, 0.2) is 69.0 Å². The predicted molar refractivity (Wildman–Crippen MR) is 90.6 cm³/mol. The topological polar surface area (TPSA) is 55.1 Å². The van der Waals surface area contributed by atoms with Gasteiger partial charge < -0.3 is 9.73 Å². The molecule has 4 nitrogen and oxygen atoms in total. The lowest BCUT2D eigenvalue weighted by molar-refractivity contribution is 0.0953. The molecule has 3 aromatic rings. The molecule has 0 aliphatic heterocycles. The second-order valence-corrected chi connectivity index (χ2v) is 6.06. The number of aromatic nitrogens is 1. The molecule has 0 aliphatic rings. The molecule has 1 N–H and O–H groups in total. The molecule has 0 atom stereocenters. The first-order valence-corrected chi connectivity index (χ1v) is 8.02. The Labute approximate surface area is 138 Å². The Balaban J connectivity index is 1.98. The number of hydrogen-bond donors (Lipinski definition) is 1. The first kappa shape index (κ1) is 15.4. The van der Waals surface area contributed by atoms with Crippen LogP contribution in [0.1, 0.15) is 16.1 Å². The van der Waals surface area contributed by atoms with Crippen molar-refractivity contribution >= 4 is 17.7 Å². The van der Waals surface area contributed by atoms with Crippen LogP contribution in [0.3, 0.4) is 0 Å². The van der Waals surface area contributed by atoms with E-state index in [2.05, 4.69) is 10.3 Å². The summed E-state index contributed by atoms with van der Waals surface area (Å²) in [5.74, 6) is 0.185. The second-order valence-electron chi connectivity index (χ2n) is 5.02. The number of aryl methyl sites for hydroxylation is 1. The number of hydrogen-bond acceptors (Lipinski definition) is 4. The smallest absolute Gasteiger partial charge is 0.274 e. The number of amides is 1. The monoisotopic (exact) mass is 324 g/mol. The number of carbonyl (C=O) groups is 1. The van der Waals surface area contributed by atoms with Crippen molar-refractivity contribution in [3.8, 4) is 11.5 Å². The highest BCUT2D eigenvalue weighted by Crippen LogP contribution is 2.34. The van der Waals surface area contributed by atoms with Gasteiger partial charge in [-0.15, -0.1) is 0 Å². The number of carbonyl (C=O) groups excluding carboxylic acids is 1. The van der Waals surface area contributed by atoms with Gasteiger partial charge in [0.05, 0.1) is 0 Å². The maximum Gasteiger partial charge on any atom is 0.274 e. The van der Waals surface area contributed by atoms with Gasteiger partial charge in [0, 0.05) is 17.5 Å². The summed E-state index contributed by atoms with van der Waals surface area (Å²) in [6, 6.07) is 17.6. The Morgan fingerprint density at radius 3 is 2.43 bits per heavy atom. The number of rotatable bonds is 4. The summed E-state index contributed by atoms with van der Waals surface area (Å²) in [7, 11) is 1.58. The third-order valence-electron chi connectivity index (χ3n) is 3.29. The molecule has 2 aromatic carbocycles. The largest absolute Gasteiger partial charge is 0.429 e. The Hall–Kier alpha value is -2.53. The van der Waals surface area contributed by atoms with E-state index in [-0.39, 0.29) is 5.91 Å². The van der Waals surface area contributed by atoms with Gasteiger partial charge in [0.25, 0.3) is 5.91 Å². The van der Waals surface area contributed by atoms with Crippen LogP contribution in [0.5, 0.6) is 0 Å². The standard InChI is InChI=1S/C18H16N2O2S/c1-12-8-10-14(11-9-12)23-18-15(16(21)19-2)20-17(22-18)13-6-4-3-5-7-13/h3-11H,1-2H3,(H,19,21). The van der Waals surface area contributed by atoms with E-state index >= 15 is 0 Å². The van der Waals surface area contributed by atoms with Gasteiger partial charge in [-0.3, -0.25) is 4.79 Å². The Morgan fingerprint density at radius 1 is 1.09 bits per heavy atom. The van der Waals surface area contributed by atoms with Crippen LogP contribution >= 0.6 is 11.8 Å². The van der Waals surface area contributed by atoms with Crippen LogP contribution < -0.4 is 5.32 Å². The van der Waals surface area contributed by atoms with Crippen molar-refractivity contribution in [2.24, 2.45) is 0 Å². The molecule has 116 valence electrons. The van der Waals surface area contributed by atoms with Gasteiger partial charge in [0.2, 0.25) is 5.89 Å². The van der Waals surface area contributed by atoms with Gasteiger partial charge in [-0.05, 0) is 43.0 Å². The van der Waals surface area contributed by atoms with Gasteiger partial charge in [-0.25, -0.2) is 4.98 Å². The maximum atomic E-state index is 12.1. The first-order valence-electron chi connectivity index (χ1n) is 7.20. The maximum absolute atomic E-state index is 12.1. The number of oxazole rings is 1. The Bertz CT molecular complexity index is 811. The summed E-state index contributed by atoms with van der Waals surface area (Å²) in [5, 5.41) is 3.10. The summed E-state index contributed by atoms with van der Waals surface area (Å²) < 4.78 is 5.85. The molecule has 0 unspecified atom stereocenters. The van der Waals surface area contributed by atoms with Crippen LogP contribution in [-0.4, -0.2) is 17.9 Å². The highest BCUT2D eigenvalue weighted by molar-refractivity contribution is 7.99. The number of nitrogens with one attached hydrogen (secondary N) is 1. The van der Waals surface area contributed by atoms with E-state index in [1.807, 2.05) is 61.5 Å². The van der Waals surface area contributed by atoms with Crippen molar-refractivity contribution in [2.75, 3.05) is 7.05 Å². The van der Waals surface area contributed by atoms with E-state index in [0.29, 0.717) is 16.7 Å². The summed E-state index contributed by atoms with van der Waals surface area (Å²) in [6.45, 7) is 2.03. The van der Waals surface area contributed by atoms with E-state index in [4.69, 9.17) is 4.42 Å². The summed E-state index contributed by atoms with van der Waals surface area (Å²) in [4.78, 5) is 17.4. The van der Waals surface area contributed by atoms with Crippen molar-refractivity contribution in [3.63, 3.8) is 0 Å². The normalized spacial score (nSPS) is 10.5. The average molecular weight is 324 g/mol. The minimum Gasteiger partial charge on any atom is -0.429 e. The molecule has 0 radical (unpaired) electrons. The van der Waals surface area contributed by atoms with E-state index in [1.54, 1.807) is 7.05 Å². The van der Waals surface area contributed by atoms with Gasteiger partial charge in [0.1, 0.15) is 0 Å². The van der Waals surface area contributed by atoms with Crippen molar-refractivity contribution in [2.45, 2.75) is 16.9 Å². The van der Waals surface area contributed by atoms with E-state index in [9.17, 15) is 4.79 Å². The molecule has 23 heavy (non-hydrogen) atoms. The lowest BCUT2D eigenvalue weighted by Crippen LogP contribution is -2.18. The van der Waals surface area contributed by atoms with Gasteiger partial charge in [-0.2, -0.15) is 0 Å². The Kier molecular flexibility index (Phi) is 4.48. The minimum absolute atomic E-state index is 0.259. The molecule has 1 heterocycles. The molecule has 1 aromatic heterocycles. The van der Waals surface area contributed by atoms with Gasteiger partial charge in [-0.1, -0.05) is 35.9 Å². The van der Waals surface area contributed by atoms with Crippen molar-refractivity contribution in [1.82, 2.24) is 10.3 Å². The molecule has 1 amide bonds. The first-order chi connectivity index (χ1) is 11.2. The average Bonchev–Trinajstić information content (AvgIpc) is 3.01. The SMILES string of the molecule is CNC(=O)c1nc(-c2ccccc2)oc1Sc1ccc(C)cc1. The fraction of sp³-hybridized carbons (Fsp3) is 0.111. The van der Waals surface area contributed by atoms with E-state index in [1.165, 1.54) is 17.3 Å². The van der Waals surface area contributed by atoms with Crippen molar-refractivity contribution in [1.29, 1.82) is 0 Å². The molecule has 0 spiro atoms. The van der Waals surface area contributed by atoms with Crippen molar-refractivity contribution < 1.29 is 9.21 Å². The zero-order valence-corrected chi connectivity index (χ0v) is 13.7. The lowest BCUT2D eigenvalue weighted by Gasteiger charge is -2.01. The third kappa shape index (κ3) is 3.46. The molecule has 0 fully saturated rings. The van der Waals surface area contributed by atoms with E-state index in [0.717, 1.165) is 10.5 Å². The van der Waals surface area contributed by atoms with Crippen LogP contribution in [0.2, 0.25) is 0 Å². The fourth-order valence-electron chi connectivity index (χ4n) is 2.05. The lowest BCUT2D eigenvalue weighted by atomic mass is 10.2. The molecule has 0 bridgehead atoms. The molecule has 3 rings (SSSR count). The van der Waals surface area contributed by atoms with Crippen LogP contribution in [0, 0.1) is 6.92 Å². The summed E-state index contributed by atoms with van der Waals surface area (Å²) in [6.07, 6.45) is 0. The summed E-state index contributed by atoms with van der Waals surface area (Å²) >= 11 is 1.39. The fourth-order valence-corrected chi connectivity index (χ4v) is 2.90. The minimum atomic E-state index is -0.259. The van der Waals surface area contributed by atoms with E-state index < -0.39 is 0 Å². The van der Waals surface area contributed by atoms with Gasteiger partial charge >= 0.3 is 0 Å². The second kappa shape index (κ2) is 6.71. The van der Waals surface area contributed by atoms with Crippen LogP contribution in [0.25, 0.3) is 11.5 Å². The summed E-state index contributed by atoms with van der Waals surface area (Å²) in [5.41, 5.74) is 2.33. The van der Waals surface area contributed by atoms with Crippen LogP contribution in [0.4, 0.5) is 0 Å². The molecule has 0 saturated carbocycles. The molecular formula is C18H16N2O2S. The predicted octanol–water partition coefficient (Wildman–Crippen LogP) is 4.16. The zero-order valence-electron chi connectivity index (χ0n) is 12.9. The highest BCUT2D eigenvalue weighted by atomic mass is 32.2. The molecular weight excluding hydrogens is 308 g/mol. The quantitative estimate of drug-likeness (QED) is 0.783. The van der Waals surface area contributed by atoms with Gasteiger partial charge in [0.15, 0.2) is 10.8 Å². The molecule has 5 heteroatoms. The number of benzene rings is 2.